The first-order chi connectivity index (χ1) is 10.2. The van der Waals surface area contributed by atoms with Crippen LogP contribution in [0.4, 0.5) is 4.39 Å². The summed E-state index contributed by atoms with van der Waals surface area (Å²) < 4.78 is 26.2. The Morgan fingerprint density at radius 2 is 2.14 bits per heavy atom. The summed E-state index contributed by atoms with van der Waals surface area (Å²) in [6.45, 7) is 5.89. The lowest BCUT2D eigenvalue weighted by Crippen LogP contribution is -2.61. The third-order valence-corrected chi connectivity index (χ3v) is 4.09. The van der Waals surface area contributed by atoms with Gasteiger partial charge in [0.15, 0.2) is 11.6 Å². The molecule has 2 rings (SSSR count). The second kappa shape index (κ2) is 8.11. The molecule has 1 aliphatic carbocycles. The van der Waals surface area contributed by atoms with Crippen LogP contribution in [0.1, 0.15) is 33.1 Å². The molecule has 21 heavy (non-hydrogen) atoms. The summed E-state index contributed by atoms with van der Waals surface area (Å²) in [4.78, 5) is 0. The molecule has 1 aliphatic rings. The maximum absolute atomic E-state index is 13.8. The van der Waals surface area contributed by atoms with Crippen LogP contribution >= 0.6 is 15.9 Å². The van der Waals surface area contributed by atoms with Gasteiger partial charge in [0, 0.05) is 23.5 Å². The van der Waals surface area contributed by atoms with Crippen molar-refractivity contribution in [1.82, 2.24) is 5.32 Å². The van der Waals surface area contributed by atoms with Crippen LogP contribution in [0.15, 0.2) is 22.7 Å². The average Bonchev–Trinajstić information content (AvgIpc) is 2.44. The monoisotopic (exact) mass is 359 g/mol. The summed E-state index contributed by atoms with van der Waals surface area (Å²) in [7, 11) is 0. The molecule has 0 radical (unpaired) electrons. The molecule has 118 valence electrons. The first-order valence-electron chi connectivity index (χ1n) is 7.62. The molecular weight excluding hydrogens is 337 g/mol. The number of ether oxygens (including phenoxy) is 2. The highest BCUT2D eigenvalue weighted by Crippen LogP contribution is 2.31. The molecule has 0 saturated heterocycles. The van der Waals surface area contributed by atoms with Gasteiger partial charge >= 0.3 is 0 Å². The van der Waals surface area contributed by atoms with Crippen molar-refractivity contribution in [2.75, 3.05) is 13.2 Å². The normalized spacial score (nSPS) is 24.7. The van der Waals surface area contributed by atoms with Crippen molar-refractivity contribution in [2.24, 2.45) is 0 Å². The smallest absolute Gasteiger partial charge is 0.166 e. The van der Waals surface area contributed by atoms with Crippen LogP contribution in [0.5, 0.6) is 5.75 Å². The van der Waals surface area contributed by atoms with Crippen LogP contribution in [-0.2, 0) is 4.74 Å². The quantitative estimate of drug-likeness (QED) is 0.763. The van der Waals surface area contributed by atoms with Crippen molar-refractivity contribution < 1.29 is 13.9 Å². The molecule has 1 aromatic carbocycles. The van der Waals surface area contributed by atoms with E-state index in [4.69, 9.17) is 9.47 Å². The lowest BCUT2D eigenvalue weighted by molar-refractivity contribution is -0.108. The molecule has 3 nitrogen and oxygen atoms in total. The van der Waals surface area contributed by atoms with Gasteiger partial charge in [-0.15, -0.1) is 0 Å². The number of benzene rings is 1. The molecule has 3 unspecified atom stereocenters. The Kier molecular flexibility index (Phi) is 6.45. The Hall–Kier alpha value is -0.650. The Morgan fingerprint density at radius 1 is 1.33 bits per heavy atom. The molecule has 1 saturated carbocycles. The predicted octanol–water partition coefficient (Wildman–Crippen LogP) is 3.90. The van der Waals surface area contributed by atoms with E-state index >= 15 is 0 Å². The van der Waals surface area contributed by atoms with Gasteiger partial charge in [-0.3, -0.25) is 0 Å². The Morgan fingerprint density at radius 3 is 2.81 bits per heavy atom. The van der Waals surface area contributed by atoms with Gasteiger partial charge in [0.2, 0.25) is 0 Å². The van der Waals surface area contributed by atoms with Crippen molar-refractivity contribution in [1.29, 1.82) is 0 Å². The van der Waals surface area contributed by atoms with Gasteiger partial charge in [0.05, 0.1) is 0 Å². The van der Waals surface area contributed by atoms with Crippen LogP contribution < -0.4 is 10.1 Å². The van der Waals surface area contributed by atoms with Gasteiger partial charge < -0.3 is 14.8 Å². The van der Waals surface area contributed by atoms with Crippen molar-refractivity contribution in [3.63, 3.8) is 0 Å². The number of hydrogen-bond acceptors (Lipinski definition) is 3. The first kappa shape index (κ1) is 16.7. The third-order valence-electron chi connectivity index (χ3n) is 3.59. The second-order valence-corrected chi connectivity index (χ2v) is 6.28. The topological polar surface area (TPSA) is 30.5 Å². The zero-order chi connectivity index (χ0) is 15.2. The highest BCUT2D eigenvalue weighted by Gasteiger charge is 2.43. The molecule has 5 heteroatoms. The van der Waals surface area contributed by atoms with Crippen LogP contribution in [0, 0.1) is 5.82 Å². The van der Waals surface area contributed by atoms with Crippen LogP contribution in [0.25, 0.3) is 0 Å². The van der Waals surface area contributed by atoms with E-state index in [-0.39, 0.29) is 18.0 Å². The van der Waals surface area contributed by atoms with Gasteiger partial charge in [0.1, 0.15) is 12.2 Å². The summed E-state index contributed by atoms with van der Waals surface area (Å²) in [6.07, 6.45) is 2.82. The molecule has 0 bridgehead atoms. The fourth-order valence-electron chi connectivity index (χ4n) is 2.44. The highest BCUT2D eigenvalue weighted by molar-refractivity contribution is 9.10. The van der Waals surface area contributed by atoms with Gasteiger partial charge in [-0.25, -0.2) is 4.39 Å². The SMILES string of the molecule is CCCNC1CC(Oc2ccc(Br)cc2F)C1OCCC. The molecule has 0 heterocycles. The zero-order valence-corrected chi connectivity index (χ0v) is 14.2. The predicted molar refractivity (Wildman–Crippen MR) is 85.2 cm³/mol. The molecule has 1 N–H and O–H groups in total. The number of halogens is 2. The Labute approximate surface area is 134 Å². The fraction of sp³-hybridized carbons (Fsp3) is 0.625. The van der Waals surface area contributed by atoms with E-state index in [0.29, 0.717) is 22.9 Å². The molecule has 0 aliphatic heterocycles. The summed E-state index contributed by atoms with van der Waals surface area (Å²) >= 11 is 3.25. The molecular formula is C16H23BrFNO2. The third kappa shape index (κ3) is 4.41. The van der Waals surface area contributed by atoms with Crippen LogP contribution in [0.3, 0.4) is 0 Å². The standard InChI is InChI=1S/C16H23BrFNO2/c1-3-7-19-13-10-15(16(13)20-8-4-2)21-14-6-5-11(17)9-12(14)18/h5-6,9,13,15-16,19H,3-4,7-8,10H2,1-2H3. The van der Waals surface area contributed by atoms with Crippen molar-refractivity contribution in [3.05, 3.63) is 28.5 Å². The van der Waals surface area contributed by atoms with E-state index in [9.17, 15) is 4.39 Å². The minimum atomic E-state index is -0.344. The van der Waals surface area contributed by atoms with Gasteiger partial charge in [-0.2, -0.15) is 0 Å². The average molecular weight is 360 g/mol. The van der Waals surface area contributed by atoms with Crippen molar-refractivity contribution in [2.45, 2.75) is 51.4 Å². The van der Waals surface area contributed by atoms with Crippen molar-refractivity contribution >= 4 is 15.9 Å². The zero-order valence-electron chi connectivity index (χ0n) is 12.6. The van der Waals surface area contributed by atoms with Gasteiger partial charge in [-0.1, -0.05) is 29.8 Å². The number of rotatable bonds is 8. The number of hydrogen-bond donors (Lipinski definition) is 1. The second-order valence-electron chi connectivity index (χ2n) is 5.36. The molecule has 0 spiro atoms. The molecule has 1 fully saturated rings. The van der Waals surface area contributed by atoms with E-state index in [1.807, 2.05) is 0 Å². The molecule has 0 amide bonds. The summed E-state index contributed by atoms with van der Waals surface area (Å²) in [5, 5.41) is 3.46. The van der Waals surface area contributed by atoms with E-state index in [1.54, 1.807) is 12.1 Å². The van der Waals surface area contributed by atoms with E-state index in [0.717, 1.165) is 25.8 Å². The van der Waals surface area contributed by atoms with Crippen LogP contribution in [0.2, 0.25) is 0 Å². The Bertz CT molecular complexity index is 458. The lowest BCUT2D eigenvalue weighted by atomic mass is 9.85. The van der Waals surface area contributed by atoms with E-state index < -0.39 is 0 Å². The van der Waals surface area contributed by atoms with Crippen LogP contribution in [-0.4, -0.2) is 31.4 Å². The molecule has 3 atom stereocenters. The molecule has 0 aromatic heterocycles. The maximum Gasteiger partial charge on any atom is 0.166 e. The lowest BCUT2D eigenvalue weighted by Gasteiger charge is -2.44. The van der Waals surface area contributed by atoms with Gasteiger partial charge in [0.25, 0.3) is 0 Å². The minimum Gasteiger partial charge on any atom is -0.485 e. The fourth-order valence-corrected chi connectivity index (χ4v) is 2.77. The first-order valence-corrected chi connectivity index (χ1v) is 8.41. The highest BCUT2D eigenvalue weighted by atomic mass is 79.9. The summed E-state index contributed by atoms with van der Waals surface area (Å²) in [5.74, 6) is -0.0502. The Balaban J connectivity index is 1.95. The molecule has 1 aromatic rings. The van der Waals surface area contributed by atoms with Crippen molar-refractivity contribution in [3.8, 4) is 5.75 Å². The van der Waals surface area contributed by atoms with E-state index in [1.165, 1.54) is 6.07 Å². The van der Waals surface area contributed by atoms with Gasteiger partial charge in [-0.05, 0) is 37.6 Å². The van der Waals surface area contributed by atoms with E-state index in [2.05, 4.69) is 35.1 Å². The minimum absolute atomic E-state index is 0.000420. The number of nitrogens with one attached hydrogen (secondary N) is 1. The summed E-state index contributed by atoms with van der Waals surface area (Å²) in [6, 6.07) is 5.16. The summed E-state index contributed by atoms with van der Waals surface area (Å²) in [5.41, 5.74) is 0. The maximum atomic E-state index is 13.8. The largest absolute Gasteiger partial charge is 0.485 e.